The summed E-state index contributed by atoms with van der Waals surface area (Å²) < 4.78 is 0. The summed E-state index contributed by atoms with van der Waals surface area (Å²) in [6, 6.07) is 0.349. The molecule has 0 saturated carbocycles. The molecule has 0 bridgehead atoms. The maximum atomic E-state index is 6.09. The van der Waals surface area contributed by atoms with Gasteiger partial charge >= 0.3 is 0 Å². The van der Waals surface area contributed by atoms with Crippen molar-refractivity contribution in [1.29, 1.82) is 0 Å². The summed E-state index contributed by atoms with van der Waals surface area (Å²) in [6.45, 7) is 4.52. The van der Waals surface area contributed by atoms with Crippen molar-refractivity contribution in [3.63, 3.8) is 0 Å². The highest BCUT2D eigenvalue weighted by atomic mass is 14.6. The maximum Gasteiger partial charge on any atom is 0.0256 e. The first kappa shape index (κ1) is 9.79. The molecular formula is C11H21N. The summed E-state index contributed by atoms with van der Waals surface area (Å²) in [5.74, 6) is 0.779. The molecule has 1 aliphatic carbocycles. The van der Waals surface area contributed by atoms with Crippen molar-refractivity contribution in [2.75, 3.05) is 0 Å². The van der Waals surface area contributed by atoms with Gasteiger partial charge in [0.15, 0.2) is 0 Å². The molecule has 2 N–H and O–H groups in total. The third-order valence-corrected chi connectivity index (χ3v) is 2.91. The van der Waals surface area contributed by atoms with Crippen LogP contribution < -0.4 is 5.73 Å². The lowest BCUT2D eigenvalue weighted by atomic mass is 9.94. The van der Waals surface area contributed by atoms with Gasteiger partial charge in [0.1, 0.15) is 0 Å². The van der Waals surface area contributed by atoms with Gasteiger partial charge in [0.25, 0.3) is 0 Å². The Balaban J connectivity index is 2.31. The highest BCUT2D eigenvalue weighted by Gasteiger charge is 2.14. The largest absolute Gasteiger partial charge is 0.324 e. The van der Waals surface area contributed by atoms with Gasteiger partial charge in [-0.3, -0.25) is 0 Å². The summed E-state index contributed by atoms with van der Waals surface area (Å²) >= 11 is 0. The first-order valence-electron chi connectivity index (χ1n) is 5.18. The van der Waals surface area contributed by atoms with Crippen molar-refractivity contribution in [3.05, 3.63) is 11.6 Å². The van der Waals surface area contributed by atoms with Crippen LogP contribution in [0.15, 0.2) is 11.6 Å². The Morgan fingerprint density at radius 2 is 2.33 bits per heavy atom. The lowest BCUT2D eigenvalue weighted by molar-refractivity contribution is 0.475. The van der Waals surface area contributed by atoms with E-state index in [2.05, 4.69) is 19.9 Å². The third-order valence-electron chi connectivity index (χ3n) is 2.91. The minimum absolute atomic E-state index is 0.349. The molecule has 0 heterocycles. The monoisotopic (exact) mass is 167 g/mol. The minimum atomic E-state index is 0.349. The molecule has 70 valence electrons. The summed E-state index contributed by atoms with van der Waals surface area (Å²) in [5.41, 5.74) is 7.60. The summed E-state index contributed by atoms with van der Waals surface area (Å²) in [6.07, 6.45) is 8.58. The van der Waals surface area contributed by atoms with E-state index in [9.17, 15) is 0 Å². The normalized spacial score (nSPS) is 22.1. The molecule has 0 amide bonds. The Morgan fingerprint density at radius 1 is 1.58 bits per heavy atom. The molecule has 1 heteroatoms. The molecule has 1 nitrogen and oxygen atoms in total. The zero-order chi connectivity index (χ0) is 8.97. The van der Waals surface area contributed by atoms with Crippen LogP contribution in [0.25, 0.3) is 0 Å². The van der Waals surface area contributed by atoms with Crippen LogP contribution in [-0.2, 0) is 0 Å². The highest BCUT2D eigenvalue weighted by Crippen LogP contribution is 2.23. The van der Waals surface area contributed by atoms with Crippen molar-refractivity contribution >= 4 is 0 Å². The Labute approximate surface area is 76.0 Å². The van der Waals surface area contributed by atoms with Crippen LogP contribution in [0.1, 0.15) is 46.0 Å². The highest BCUT2D eigenvalue weighted by molar-refractivity contribution is 5.14. The minimum Gasteiger partial charge on any atom is -0.324 e. The second-order valence-corrected chi connectivity index (χ2v) is 4.03. The van der Waals surface area contributed by atoms with Gasteiger partial charge in [-0.1, -0.05) is 31.9 Å². The zero-order valence-electron chi connectivity index (χ0n) is 8.34. The molecule has 0 fully saturated rings. The van der Waals surface area contributed by atoms with E-state index in [4.69, 9.17) is 5.73 Å². The predicted octanol–water partition coefficient (Wildman–Crippen LogP) is 2.86. The Hall–Kier alpha value is -0.300. The molecule has 2 atom stereocenters. The van der Waals surface area contributed by atoms with Gasteiger partial charge in [0.05, 0.1) is 0 Å². The molecule has 12 heavy (non-hydrogen) atoms. The molecule has 0 spiro atoms. The van der Waals surface area contributed by atoms with Gasteiger partial charge in [0, 0.05) is 6.04 Å². The summed E-state index contributed by atoms with van der Waals surface area (Å²) in [5, 5.41) is 0. The second kappa shape index (κ2) is 4.66. The van der Waals surface area contributed by atoms with E-state index >= 15 is 0 Å². The Morgan fingerprint density at radius 3 is 2.83 bits per heavy atom. The van der Waals surface area contributed by atoms with E-state index in [1.54, 1.807) is 0 Å². The van der Waals surface area contributed by atoms with Gasteiger partial charge in [-0.05, 0) is 31.6 Å². The summed E-state index contributed by atoms with van der Waals surface area (Å²) in [4.78, 5) is 0. The number of hydrogen-bond acceptors (Lipinski definition) is 1. The average Bonchev–Trinajstić information content (AvgIpc) is 2.56. The van der Waals surface area contributed by atoms with Gasteiger partial charge in [-0.25, -0.2) is 0 Å². The molecule has 0 radical (unpaired) electrons. The van der Waals surface area contributed by atoms with E-state index in [1.807, 2.05) is 0 Å². The third kappa shape index (κ3) is 2.63. The van der Waals surface area contributed by atoms with E-state index in [-0.39, 0.29) is 0 Å². The van der Waals surface area contributed by atoms with Crippen LogP contribution in [-0.4, -0.2) is 6.04 Å². The van der Waals surface area contributed by atoms with Crippen LogP contribution in [0, 0.1) is 5.92 Å². The van der Waals surface area contributed by atoms with Crippen LogP contribution in [0.4, 0.5) is 0 Å². The fourth-order valence-electron chi connectivity index (χ4n) is 1.78. The second-order valence-electron chi connectivity index (χ2n) is 4.03. The van der Waals surface area contributed by atoms with E-state index < -0.39 is 0 Å². The molecular weight excluding hydrogens is 146 g/mol. The molecule has 0 aromatic heterocycles. The molecule has 0 aliphatic heterocycles. The number of nitrogens with two attached hydrogens (primary N) is 1. The van der Waals surface area contributed by atoms with E-state index in [0.717, 1.165) is 5.92 Å². The average molecular weight is 167 g/mol. The zero-order valence-corrected chi connectivity index (χ0v) is 8.34. The molecule has 1 aliphatic rings. The van der Waals surface area contributed by atoms with Crippen LogP contribution in [0.3, 0.4) is 0 Å². The SMILES string of the molecule is CCC(C)CC(N)C1=CCCC1. The lowest BCUT2D eigenvalue weighted by Crippen LogP contribution is -2.24. The van der Waals surface area contributed by atoms with Crippen LogP contribution in [0.2, 0.25) is 0 Å². The number of allylic oxidation sites excluding steroid dienone is 1. The van der Waals surface area contributed by atoms with Crippen molar-refractivity contribution in [2.24, 2.45) is 11.7 Å². The topological polar surface area (TPSA) is 26.0 Å². The van der Waals surface area contributed by atoms with E-state index in [0.29, 0.717) is 6.04 Å². The number of rotatable bonds is 4. The quantitative estimate of drug-likeness (QED) is 0.640. The summed E-state index contributed by atoms with van der Waals surface area (Å²) in [7, 11) is 0. The first-order chi connectivity index (χ1) is 5.74. The molecule has 0 saturated heterocycles. The predicted molar refractivity (Wildman–Crippen MR) is 54.0 cm³/mol. The van der Waals surface area contributed by atoms with Crippen LogP contribution >= 0.6 is 0 Å². The van der Waals surface area contributed by atoms with Crippen molar-refractivity contribution in [1.82, 2.24) is 0 Å². The van der Waals surface area contributed by atoms with Crippen LogP contribution in [0.5, 0.6) is 0 Å². The first-order valence-corrected chi connectivity index (χ1v) is 5.18. The maximum absolute atomic E-state index is 6.09. The lowest BCUT2D eigenvalue weighted by Gasteiger charge is -2.16. The van der Waals surface area contributed by atoms with E-state index in [1.165, 1.54) is 37.7 Å². The number of hydrogen-bond donors (Lipinski definition) is 1. The van der Waals surface area contributed by atoms with Gasteiger partial charge < -0.3 is 5.73 Å². The molecule has 0 aromatic rings. The Bertz CT molecular complexity index is 160. The Kier molecular flexibility index (Phi) is 3.80. The van der Waals surface area contributed by atoms with Gasteiger partial charge in [-0.2, -0.15) is 0 Å². The van der Waals surface area contributed by atoms with Gasteiger partial charge in [0.2, 0.25) is 0 Å². The fourth-order valence-corrected chi connectivity index (χ4v) is 1.78. The van der Waals surface area contributed by atoms with Gasteiger partial charge in [-0.15, -0.1) is 0 Å². The molecule has 1 rings (SSSR count). The molecule has 0 aromatic carbocycles. The van der Waals surface area contributed by atoms with Crippen molar-refractivity contribution < 1.29 is 0 Å². The van der Waals surface area contributed by atoms with Crippen molar-refractivity contribution in [3.8, 4) is 0 Å². The smallest absolute Gasteiger partial charge is 0.0256 e. The molecule has 2 unspecified atom stereocenters. The fraction of sp³-hybridized carbons (Fsp3) is 0.818. The standard InChI is InChI=1S/C11H21N/c1-3-9(2)8-11(12)10-6-4-5-7-10/h6,9,11H,3-5,7-8,12H2,1-2H3. The van der Waals surface area contributed by atoms with Crippen molar-refractivity contribution in [2.45, 2.75) is 52.0 Å².